The number of benzene rings is 2. The van der Waals surface area contributed by atoms with Crippen molar-refractivity contribution in [1.82, 2.24) is 4.90 Å². The van der Waals surface area contributed by atoms with Crippen LogP contribution in [0, 0.1) is 0 Å². The summed E-state index contributed by atoms with van der Waals surface area (Å²) < 4.78 is 10.7. The molecule has 0 bridgehead atoms. The second-order valence-corrected chi connectivity index (χ2v) is 6.65. The Hall–Kier alpha value is -2.69. The maximum atomic E-state index is 12.7. The van der Waals surface area contributed by atoms with Gasteiger partial charge in [0.1, 0.15) is 11.5 Å². The minimum absolute atomic E-state index is 0.138. The highest BCUT2D eigenvalue weighted by molar-refractivity contribution is 5.76. The molecule has 2 aromatic carbocycles. The fraction of sp³-hybridized carbons (Fsp3) is 0.409. The fourth-order valence-electron chi connectivity index (χ4n) is 2.97. The number of carbonyl (C=O) groups excluding carboxylic acids is 1. The first-order chi connectivity index (χ1) is 13.0. The van der Waals surface area contributed by atoms with E-state index in [0.29, 0.717) is 25.9 Å². The van der Waals surface area contributed by atoms with E-state index in [0.717, 1.165) is 28.3 Å². The van der Waals surface area contributed by atoms with E-state index in [-0.39, 0.29) is 5.91 Å². The zero-order valence-corrected chi connectivity index (χ0v) is 17.0. The first-order valence-corrected chi connectivity index (χ1v) is 9.23. The second-order valence-electron chi connectivity index (χ2n) is 6.65. The van der Waals surface area contributed by atoms with Gasteiger partial charge in [-0.1, -0.05) is 12.1 Å². The molecule has 0 aliphatic rings. The molecular formula is C22H30N2O3. The number of ether oxygens (including phenoxy) is 2. The summed E-state index contributed by atoms with van der Waals surface area (Å²) in [5, 5.41) is 0. The van der Waals surface area contributed by atoms with Gasteiger partial charge in [0.15, 0.2) is 0 Å². The Balaban J connectivity index is 2.00. The first-order valence-electron chi connectivity index (χ1n) is 9.23. The van der Waals surface area contributed by atoms with Gasteiger partial charge in [-0.15, -0.1) is 0 Å². The predicted octanol–water partition coefficient (Wildman–Crippen LogP) is 3.75. The van der Waals surface area contributed by atoms with Gasteiger partial charge in [-0.05, 0) is 54.8 Å². The molecule has 146 valence electrons. The molecule has 0 saturated heterocycles. The summed E-state index contributed by atoms with van der Waals surface area (Å²) in [6.45, 7) is 3.32. The summed E-state index contributed by atoms with van der Waals surface area (Å²) in [6, 6.07) is 14.0. The van der Waals surface area contributed by atoms with Crippen molar-refractivity contribution >= 4 is 11.6 Å². The lowest BCUT2D eigenvalue weighted by atomic mass is 10.1. The smallest absolute Gasteiger partial charge is 0.223 e. The molecule has 0 saturated carbocycles. The number of hydrogen-bond donors (Lipinski definition) is 0. The molecule has 1 amide bonds. The molecule has 0 spiro atoms. The van der Waals surface area contributed by atoms with E-state index in [2.05, 4.69) is 29.2 Å². The van der Waals surface area contributed by atoms with Crippen molar-refractivity contribution in [2.24, 2.45) is 0 Å². The van der Waals surface area contributed by atoms with E-state index in [1.54, 1.807) is 14.2 Å². The van der Waals surface area contributed by atoms with Crippen molar-refractivity contribution in [2.45, 2.75) is 26.3 Å². The van der Waals surface area contributed by atoms with Crippen LogP contribution in [0.1, 0.15) is 24.5 Å². The third-order valence-electron chi connectivity index (χ3n) is 4.66. The van der Waals surface area contributed by atoms with E-state index in [1.807, 2.05) is 44.1 Å². The van der Waals surface area contributed by atoms with Gasteiger partial charge in [0.2, 0.25) is 5.91 Å². The Morgan fingerprint density at radius 2 is 1.70 bits per heavy atom. The molecule has 0 radical (unpaired) electrons. The van der Waals surface area contributed by atoms with E-state index >= 15 is 0 Å². The lowest BCUT2D eigenvalue weighted by Gasteiger charge is -2.22. The number of nitrogens with zero attached hydrogens (tertiary/aromatic N) is 2. The van der Waals surface area contributed by atoms with Gasteiger partial charge in [0.25, 0.3) is 0 Å². The molecule has 0 aliphatic carbocycles. The van der Waals surface area contributed by atoms with Gasteiger partial charge in [-0.3, -0.25) is 4.79 Å². The molecule has 0 unspecified atom stereocenters. The van der Waals surface area contributed by atoms with Crippen molar-refractivity contribution in [3.05, 3.63) is 53.6 Å². The molecule has 0 heterocycles. The summed E-state index contributed by atoms with van der Waals surface area (Å²) in [7, 11) is 7.31. The highest BCUT2D eigenvalue weighted by atomic mass is 16.5. The van der Waals surface area contributed by atoms with Crippen LogP contribution >= 0.6 is 0 Å². The highest BCUT2D eigenvalue weighted by Crippen LogP contribution is 2.25. The summed E-state index contributed by atoms with van der Waals surface area (Å²) in [5.74, 6) is 1.69. The van der Waals surface area contributed by atoms with Crippen molar-refractivity contribution < 1.29 is 14.3 Å². The lowest BCUT2D eigenvalue weighted by Crippen LogP contribution is -2.30. The van der Waals surface area contributed by atoms with Gasteiger partial charge in [0.05, 0.1) is 14.2 Å². The molecule has 0 N–H and O–H groups in total. The van der Waals surface area contributed by atoms with Crippen LogP contribution in [-0.2, 0) is 17.8 Å². The third-order valence-corrected chi connectivity index (χ3v) is 4.66. The summed E-state index contributed by atoms with van der Waals surface area (Å²) in [5.41, 5.74) is 3.27. The zero-order valence-electron chi connectivity index (χ0n) is 17.0. The monoisotopic (exact) mass is 370 g/mol. The molecule has 2 aromatic rings. The Morgan fingerprint density at radius 1 is 1.00 bits per heavy atom. The number of aryl methyl sites for hydroxylation is 1. The van der Waals surface area contributed by atoms with Gasteiger partial charge in [-0.2, -0.15) is 0 Å². The number of rotatable bonds is 9. The summed E-state index contributed by atoms with van der Waals surface area (Å²) >= 11 is 0. The van der Waals surface area contributed by atoms with E-state index in [4.69, 9.17) is 9.47 Å². The summed E-state index contributed by atoms with van der Waals surface area (Å²) in [6.07, 6.45) is 1.06. The number of methoxy groups -OCH3 is 2. The Morgan fingerprint density at radius 3 is 2.26 bits per heavy atom. The number of carbonyl (C=O) groups is 1. The van der Waals surface area contributed by atoms with E-state index in [9.17, 15) is 4.79 Å². The minimum atomic E-state index is 0.138. The number of hydrogen-bond acceptors (Lipinski definition) is 4. The molecule has 0 aromatic heterocycles. The normalized spacial score (nSPS) is 10.4. The molecule has 0 aliphatic heterocycles. The van der Waals surface area contributed by atoms with Gasteiger partial charge < -0.3 is 19.3 Å². The average Bonchev–Trinajstić information content (AvgIpc) is 2.70. The molecule has 27 heavy (non-hydrogen) atoms. The zero-order chi connectivity index (χ0) is 19.8. The van der Waals surface area contributed by atoms with Crippen LogP contribution in [0.2, 0.25) is 0 Å². The predicted molar refractivity (Wildman–Crippen MR) is 110 cm³/mol. The Bertz CT molecular complexity index is 742. The van der Waals surface area contributed by atoms with Gasteiger partial charge in [0, 0.05) is 39.3 Å². The quantitative estimate of drug-likeness (QED) is 0.674. The van der Waals surface area contributed by atoms with E-state index < -0.39 is 0 Å². The minimum Gasteiger partial charge on any atom is -0.497 e. The van der Waals surface area contributed by atoms with Gasteiger partial charge in [-0.25, -0.2) is 0 Å². The highest BCUT2D eigenvalue weighted by Gasteiger charge is 2.14. The van der Waals surface area contributed by atoms with Crippen LogP contribution in [0.4, 0.5) is 5.69 Å². The number of amides is 1. The van der Waals surface area contributed by atoms with Crippen LogP contribution < -0.4 is 14.4 Å². The Labute approximate surface area is 162 Å². The third kappa shape index (κ3) is 5.64. The standard InChI is InChI=1S/C22H30N2O3/c1-6-24(16-17-7-10-19(11-8-17)23(2)3)22(25)14-9-18-15-20(26-4)12-13-21(18)27-5/h7-8,10-13,15H,6,9,14,16H2,1-5H3. The average molecular weight is 370 g/mol. The molecule has 0 atom stereocenters. The molecular weight excluding hydrogens is 340 g/mol. The molecule has 0 fully saturated rings. The largest absolute Gasteiger partial charge is 0.497 e. The fourth-order valence-corrected chi connectivity index (χ4v) is 2.97. The topological polar surface area (TPSA) is 42.0 Å². The van der Waals surface area contributed by atoms with Crippen molar-refractivity contribution in [2.75, 3.05) is 39.8 Å². The Kier molecular flexibility index (Phi) is 7.53. The van der Waals surface area contributed by atoms with Gasteiger partial charge >= 0.3 is 0 Å². The van der Waals surface area contributed by atoms with Crippen LogP contribution in [0.15, 0.2) is 42.5 Å². The molecule has 2 rings (SSSR count). The van der Waals surface area contributed by atoms with Crippen molar-refractivity contribution in [3.8, 4) is 11.5 Å². The van der Waals surface area contributed by atoms with Crippen LogP contribution in [-0.4, -0.2) is 45.7 Å². The first kappa shape index (κ1) is 20.6. The lowest BCUT2D eigenvalue weighted by molar-refractivity contribution is -0.131. The number of anilines is 1. The van der Waals surface area contributed by atoms with Crippen LogP contribution in [0.25, 0.3) is 0 Å². The van der Waals surface area contributed by atoms with Crippen LogP contribution in [0.3, 0.4) is 0 Å². The van der Waals surface area contributed by atoms with Crippen molar-refractivity contribution in [3.63, 3.8) is 0 Å². The SMILES string of the molecule is CCN(Cc1ccc(N(C)C)cc1)C(=O)CCc1cc(OC)ccc1OC. The molecule has 5 heteroatoms. The van der Waals surface area contributed by atoms with Crippen molar-refractivity contribution in [1.29, 1.82) is 0 Å². The van der Waals surface area contributed by atoms with E-state index in [1.165, 1.54) is 0 Å². The van der Waals surface area contributed by atoms with Crippen LogP contribution in [0.5, 0.6) is 11.5 Å². The maximum absolute atomic E-state index is 12.7. The second kappa shape index (κ2) is 9.86. The summed E-state index contributed by atoms with van der Waals surface area (Å²) in [4.78, 5) is 16.7. The maximum Gasteiger partial charge on any atom is 0.223 e. The molecule has 5 nitrogen and oxygen atoms in total.